The number of fused-ring (bicyclic) bond motifs is 1. The van der Waals surface area contributed by atoms with E-state index in [0.717, 1.165) is 4.68 Å². The van der Waals surface area contributed by atoms with Crippen LogP contribution >= 0.6 is 11.6 Å². The Hall–Kier alpha value is -3.54. The summed E-state index contributed by atoms with van der Waals surface area (Å²) in [4.78, 5) is 16.3. The van der Waals surface area contributed by atoms with Crippen LogP contribution in [-0.2, 0) is 17.9 Å². The van der Waals surface area contributed by atoms with Gasteiger partial charge in [-0.15, -0.1) is 0 Å². The average Bonchev–Trinajstić information content (AvgIpc) is 3.33. The van der Waals surface area contributed by atoms with Crippen LogP contribution in [0.1, 0.15) is 35.4 Å². The number of hydrogen-bond acceptors (Lipinski definition) is 4. The van der Waals surface area contributed by atoms with Gasteiger partial charge in [0.05, 0.1) is 29.5 Å². The van der Waals surface area contributed by atoms with Gasteiger partial charge in [0.1, 0.15) is 18.1 Å². The molecule has 0 radical (unpaired) electrons. The molecular formula is C21H16ClF5N6O. The van der Waals surface area contributed by atoms with Gasteiger partial charge in [-0.2, -0.15) is 10.2 Å². The minimum absolute atomic E-state index is 0.0730. The number of amides is 1. The Morgan fingerprint density at radius 3 is 2.62 bits per heavy atom. The van der Waals surface area contributed by atoms with E-state index in [1.54, 1.807) is 0 Å². The third-order valence-corrected chi connectivity index (χ3v) is 5.30. The summed E-state index contributed by atoms with van der Waals surface area (Å²) >= 11 is 6.01. The number of carbonyl (C=O) groups is 1. The van der Waals surface area contributed by atoms with Gasteiger partial charge in [0, 0.05) is 16.8 Å². The van der Waals surface area contributed by atoms with Crippen molar-refractivity contribution >= 4 is 34.2 Å². The molecule has 4 aromatic rings. The Balaban J connectivity index is 1.53. The SMILES string of the molecule is Cc1nn(CC(=O)Nc2cnn(Cc3ccc(F)cc3Cl)c2)c2nc(C(F)F)cc(C(F)F)c12. The topological polar surface area (TPSA) is 77.6 Å². The van der Waals surface area contributed by atoms with Crippen molar-refractivity contribution in [1.29, 1.82) is 0 Å². The molecule has 34 heavy (non-hydrogen) atoms. The molecule has 0 saturated heterocycles. The number of nitrogens with one attached hydrogen (secondary N) is 1. The Kier molecular flexibility index (Phi) is 6.51. The van der Waals surface area contributed by atoms with Crippen molar-refractivity contribution in [2.45, 2.75) is 32.9 Å². The van der Waals surface area contributed by atoms with E-state index in [9.17, 15) is 26.7 Å². The van der Waals surface area contributed by atoms with E-state index >= 15 is 0 Å². The van der Waals surface area contributed by atoms with Crippen molar-refractivity contribution in [3.8, 4) is 0 Å². The number of carbonyl (C=O) groups excluding carboxylic acids is 1. The first-order valence-corrected chi connectivity index (χ1v) is 10.2. The van der Waals surface area contributed by atoms with Gasteiger partial charge >= 0.3 is 0 Å². The molecule has 0 aliphatic carbocycles. The minimum atomic E-state index is -3.07. The lowest BCUT2D eigenvalue weighted by molar-refractivity contribution is -0.116. The molecule has 1 N–H and O–H groups in total. The molecule has 0 atom stereocenters. The predicted octanol–water partition coefficient (Wildman–Crippen LogP) is 5.29. The second-order valence-corrected chi connectivity index (χ2v) is 7.80. The third-order valence-electron chi connectivity index (χ3n) is 4.94. The molecule has 1 aromatic carbocycles. The van der Waals surface area contributed by atoms with Gasteiger partial charge in [0.15, 0.2) is 5.65 Å². The summed E-state index contributed by atoms with van der Waals surface area (Å²) in [6.07, 6.45) is -3.22. The number of nitrogens with zero attached hydrogens (tertiary/aromatic N) is 5. The number of alkyl halides is 4. The molecule has 0 spiro atoms. The van der Waals surface area contributed by atoms with E-state index in [-0.39, 0.29) is 28.3 Å². The lowest BCUT2D eigenvalue weighted by Gasteiger charge is -2.08. The van der Waals surface area contributed by atoms with Gasteiger partial charge < -0.3 is 5.32 Å². The van der Waals surface area contributed by atoms with E-state index in [2.05, 4.69) is 20.5 Å². The normalized spacial score (nSPS) is 11.7. The van der Waals surface area contributed by atoms with Gasteiger partial charge in [-0.25, -0.2) is 31.6 Å². The first-order chi connectivity index (χ1) is 16.1. The lowest BCUT2D eigenvalue weighted by Crippen LogP contribution is -2.19. The fourth-order valence-electron chi connectivity index (χ4n) is 3.48. The molecule has 0 saturated carbocycles. The van der Waals surface area contributed by atoms with Crippen molar-refractivity contribution in [3.63, 3.8) is 0 Å². The predicted molar refractivity (Wildman–Crippen MR) is 114 cm³/mol. The van der Waals surface area contributed by atoms with Gasteiger partial charge in [-0.3, -0.25) is 9.48 Å². The molecule has 7 nitrogen and oxygen atoms in total. The number of aryl methyl sites for hydroxylation is 1. The highest BCUT2D eigenvalue weighted by molar-refractivity contribution is 6.31. The van der Waals surface area contributed by atoms with Crippen LogP contribution in [0.5, 0.6) is 0 Å². The molecule has 178 valence electrons. The molecule has 0 bridgehead atoms. The van der Waals surface area contributed by atoms with E-state index in [4.69, 9.17) is 11.6 Å². The molecule has 13 heteroatoms. The highest BCUT2D eigenvalue weighted by Crippen LogP contribution is 2.32. The molecule has 0 aliphatic rings. The van der Waals surface area contributed by atoms with Gasteiger partial charge in [-0.1, -0.05) is 17.7 Å². The van der Waals surface area contributed by atoms with Crippen molar-refractivity contribution < 1.29 is 26.7 Å². The van der Waals surface area contributed by atoms with Crippen LogP contribution in [0.2, 0.25) is 5.02 Å². The smallest absolute Gasteiger partial charge is 0.280 e. The second-order valence-electron chi connectivity index (χ2n) is 7.39. The average molecular weight is 499 g/mol. The van der Waals surface area contributed by atoms with Crippen molar-refractivity contribution in [3.05, 3.63) is 70.0 Å². The van der Waals surface area contributed by atoms with Crippen molar-refractivity contribution in [2.75, 3.05) is 5.32 Å². The van der Waals surface area contributed by atoms with Crippen molar-refractivity contribution in [2.24, 2.45) is 0 Å². The van der Waals surface area contributed by atoms with Crippen LogP contribution in [0.25, 0.3) is 11.0 Å². The number of hydrogen-bond donors (Lipinski definition) is 1. The largest absolute Gasteiger partial charge is 0.322 e. The first-order valence-electron chi connectivity index (χ1n) is 9.83. The van der Waals surface area contributed by atoms with Crippen molar-refractivity contribution in [1.82, 2.24) is 24.5 Å². The highest BCUT2D eigenvalue weighted by atomic mass is 35.5. The number of benzene rings is 1. The number of pyridine rings is 1. The van der Waals surface area contributed by atoms with E-state index < -0.39 is 42.4 Å². The Labute approximate surface area is 194 Å². The summed E-state index contributed by atoms with van der Waals surface area (Å²) in [5.41, 5.74) is -0.628. The van der Waals surface area contributed by atoms with Crippen LogP contribution < -0.4 is 5.32 Å². The molecule has 3 aromatic heterocycles. The maximum absolute atomic E-state index is 13.5. The molecule has 0 unspecified atom stereocenters. The molecule has 1 amide bonds. The molecule has 0 aliphatic heterocycles. The van der Waals surface area contributed by atoms with Gasteiger partial charge in [0.25, 0.3) is 12.9 Å². The number of halogens is 6. The zero-order chi connectivity index (χ0) is 24.6. The van der Waals surface area contributed by atoms with Crippen LogP contribution in [0.15, 0.2) is 36.7 Å². The molecule has 3 heterocycles. The number of aromatic nitrogens is 5. The summed E-state index contributed by atoms with van der Waals surface area (Å²) in [6.45, 7) is 1.19. The van der Waals surface area contributed by atoms with Gasteiger partial charge in [0.2, 0.25) is 5.91 Å². The maximum Gasteiger partial charge on any atom is 0.280 e. The summed E-state index contributed by atoms with van der Waals surface area (Å²) in [5.74, 6) is -1.08. The zero-order valence-electron chi connectivity index (χ0n) is 17.4. The summed E-state index contributed by atoms with van der Waals surface area (Å²) < 4.78 is 68.9. The number of rotatable bonds is 7. The molecular weight excluding hydrogens is 483 g/mol. The number of anilines is 1. The third kappa shape index (κ3) is 4.86. The Morgan fingerprint density at radius 1 is 1.18 bits per heavy atom. The van der Waals surface area contributed by atoms with Crippen LogP contribution in [0, 0.1) is 12.7 Å². The fraction of sp³-hybridized carbons (Fsp3) is 0.238. The van der Waals surface area contributed by atoms with Crippen LogP contribution in [0.4, 0.5) is 27.6 Å². The van der Waals surface area contributed by atoms with Crippen LogP contribution in [-0.4, -0.2) is 30.5 Å². The lowest BCUT2D eigenvalue weighted by atomic mass is 10.1. The zero-order valence-corrected chi connectivity index (χ0v) is 18.2. The summed E-state index contributed by atoms with van der Waals surface area (Å²) in [5, 5.41) is 10.9. The van der Waals surface area contributed by atoms with Crippen LogP contribution in [0.3, 0.4) is 0 Å². The fourth-order valence-corrected chi connectivity index (χ4v) is 3.70. The van der Waals surface area contributed by atoms with Gasteiger partial charge in [-0.05, 0) is 30.7 Å². The first kappa shape index (κ1) is 23.6. The summed E-state index contributed by atoms with van der Waals surface area (Å²) in [6, 6.07) is 4.60. The highest BCUT2D eigenvalue weighted by Gasteiger charge is 2.24. The quantitative estimate of drug-likeness (QED) is 0.351. The molecule has 0 fully saturated rings. The van der Waals surface area contributed by atoms with E-state index in [0.29, 0.717) is 17.3 Å². The van der Waals surface area contributed by atoms with E-state index in [1.165, 1.54) is 42.2 Å². The minimum Gasteiger partial charge on any atom is -0.322 e. The monoisotopic (exact) mass is 498 g/mol. The molecule has 4 rings (SSSR count). The summed E-state index contributed by atoms with van der Waals surface area (Å²) in [7, 11) is 0. The van der Waals surface area contributed by atoms with E-state index in [1.807, 2.05) is 0 Å². The Morgan fingerprint density at radius 2 is 1.94 bits per heavy atom. The Bertz CT molecular complexity index is 1370. The maximum atomic E-state index is 13.5. The standard InChI is InChI=1S/C21H16ClF5N6O/c1-10-18-14(19(24)25)5-16(20(26)27)30-21(18)33(31-10)9-17(34)29-13-6-28-32(8-13)7-11-2-3-12(23)4-15(11)22/h2-6,8,19-20H,7,9H2,1H3,(H,29,34). The second kappa shape index (κ2) is 9.37.